The van der Waals surface area contributed by atoms with Crippen LogP contribution in [0.25, 0.3) is 10.9 Å². The van der Waals surface area contributed by atoms with Crippen LogP contribution in [-0.4, -0.2) is 31.0 Å². The van der Waals surface area contributed by atoms with E-state index in [2.05, 4.69) is 23.6 Å². The largest absolute Gasteiger partial charge is 0.347 e. The Morgan fingerprint density at radius 1 is 1.00 bits per heavy atom. The molecule has 1 saturated heterocycles. The van der Waals surface area contributed by atoms with Crippen molar-refractivity contribution in [3.63, 3.8) is 0 Å². The number of fused-ring (bicyclic) bond motifs is 6. The first-order valence-corrected chi connectivity index (χ1v) is 11.4. The summed E-state index contributed by atoms with van der Waals surface area (Å²) in [5, 5.41) is 1.11. The van der Waals surface area contributed by atoms with Crippen LogP contribution in [-0.2, 0) is 23.3 Å². The van der Waals surface area contributed by atoms with E-state index in [1.165, 1.54) is 23.2 Å². The SMILES string of the molecule is Cc1cccc(S(=O)(=O)c2cc(C)c3c(c2)c2c(n3C)CC3CCC2N3C)c1. The molecule has 28 heavy (non-hydrogen) atoms. The minimum atomic E-state index is -3.54. The van der Waals surface area contributed by atoms with Crippen molar-refractivity contribution < 1.29 is 8.42 Å². The van der Waals surface area contributed by atoms with E-state index in [-0.39, 0.29) is 0 Å². The molecule has 0 spiro atoms. The highest BCUT2D eigenvalue weighted by Gasteiger charge is 2.40. The van der Waals surface area contributed by atoms with Gasteiger partial charge in [0.2, 0.25) is 9.84 Å². The number of benzene rings is 2. The molecule has 3 heterocycles. The molecule has 1 fully saturated rings. The lowest BCUT2D eigenvalue weighted by Crippen LogP contribution is -2.34. The van der Waals surface area contributed by atoms with Crippen molar-refractivity contribution in [3.05, 3.63) is 58.8 Å². The molecule has 0 amide bonds. The minimum absolute atomic E-state index is 0.370. The molecule has 2 bridgehead atoms. The fourth-order valence-electron chi connectivity index (χ4n) is 5.39. The van der Waals surface area contributed by atoms with Crippen LogP contribution in [0.4, 0.5) is 0 Å². The number of aryl methyl sites for hydroxylation is 3. The van der Waals surface area contributed by atoms with Gasteiger partial charge in [0.25, 0.3) is 0 Å². The maximum atomic E-state index is 13.4. The van der Waals surface area contributed by atoms with Gasteiger partial charge in [-0.15, -0.1) is 0 Å². The summed E-state index contributed by atoms with van der Waals surface area (Å²) >= 11 is 0. The summed E-state index contributed by atoms with van der Waals surface area (Å²) < 4.78 is 29.0. The van der Waals surface area contributed by atoms with Crippen LogP contribution < -0.4 is 0 Å². The lowest BCUT2D eigenvalue weighted by molar-refractivity contribution is 0.222. The number of rotatable bonds is 2. The van der Waals surface area contributed by atoms with Crippen LogP contribution in [0.2, 0.25) is 0 Å². The van der Waals surface area contributed by atoms with Crippen LogP contribution in [0.5, 0.6) is 0 Å². The second-order valence-electron chi connectivity index (χ2n) is 8.49. The molecule has 2 unspecified atom stereocenters. The fourth-order valence-corrected chi connectivity index (χ4v) is 6.87. The van der Waals surface area contributed by atoms with Crippen molar-refractivity contribution in [3.8, 4) is 0 Å². The van der Waals surface area contributed by atoms with Gasteiger partial charge in [0.05, 0.1) is 15.3 Å². The Kier molecular flexibility index (Phi) is 3.81. The highest BCUT2D eigenvalue weighted by molar-refractivity contribution is 7.91. The molecule has 0 saturated carbocycles. The molecule has 0 radical (unpaired) electrons. The van der Waals surface area contributed by atoms with Gasteiger partial charge in [-0.3, -0.25) is 4.90 Å². The van der Waals surface area contributed by atoms with Crippen LogP contribution in [0.3, 0.4) is 0 Å². The summed E-state index contributed by atoms with van der Waals surface area (Å²) in [5.74, 6) is 0. The summed E-state index contributed by atoms with van der Waals surface area (Å²) in [6.07, 6.45) is 3.42. The van der Waals surface area contributed by atoms with Crippen molar-refractivity contribution in [1.29, 1.82) is 0 Å². The van der Waals surface area contributed by atoms with Gasteiger partial charge in [-0.25, -0.2) is 8.42 Å². The topological polar surface area (TPSA) is 42.3 Å². The number of hydrogen-bond acceptors (Lipinski definition) is 3. The predicted molar refractivity (Wildman–Crippen MR) is 112 cm³/mol. The second-order valence-corrected chi connectivity index (χ2v) is 10.4. The molecular formula is C23H26N2O2S. The van der Waals surface area contributed by atoms with Crippen molar-refractivity contribution in [2.75, 3.05) is 7.05 Å². The average Bonchev–Trinajstić information content (AvgIpc) is 3.05. The van der Waals surface area contributed by atoms with Gasteiger partial charge in [0, 0.05) is 36.6 Å². The fraction of sp³-hybridized carbons (Fsp3) is 0.391. The van der Waals surface area contributed by atoms with E-state index in [1.807, 2.05) is 38.1 Å². The molecule has 146 valence electrons. The quantitative estimate of drug-likeness (QED) is 0.650. The highest BCUT2D eigenvalue weighted by atomic mass is 32.2. The second kappa shape index (κ2) is 5.94. The van der Waals surface area contributed by atoms with Crippen molar-refractivity contribution in [1.82, 2.24) is 9.47 Å². The smallest absolute Gasteiger partial charge is 0.206 e. The third-order valence-corrected chi connectivity index (χ3v) is 8.56. The van der Waals surface area contributed by atoms with Gasteiger partial charge in [-0.05, 0) is 74.7 Å². The molecule has 2 aromatic carbocycles. The first kappa shape index (κ1) is 18.0. The standard InChI is InChI=1S/C23H26N2O2S/c1-14-6-5-7-17(10-14)28(26,27)18-11-15(2)23-19(13-18)22-20-9-8-16(24(20)3)12-21(22)25(23)4/h5-7,10-11,13,16,20H,8-9,12H2,1-4H3. The zero-order valence-electron chi connectivity index (χ0n) is 16.9. The van der Waals surface area contributed by atoms with Crippen LogP contribution in [0.15, 0.2) is 46.2 Å². The van der Waals surface area contributed by atoms with Gasteiger partial charge in [0.15, 0.2) is 0 Å². The third kappa shape index (κ3) is 2.36. The first-order chi connectivity index (χ1) is 13.3. The predicted octanol–water partition coefficient (Wildman–Crippen LogP) is 4.32. The molecule has 2 atom stereocenters. The molecule has 1 aromatic heterocycles. The Balaban J connectivity index is 1.77. The Morgan fingerprint density at radius 2 is 1.79 bits per heavy atom. The average molecular weight is 395 g/mol. The van der Waals surface area contributed by atoms with Gasteiger partial charge < -0.3 is 4.57 Å². The van der Waals surface area contributed by atoms with E-state index in [9.17, 15) is 8.42 Å². The number of aromatic nitrogens is 1. The number of nitrogens with zero attached hydrogens (tertiary/aromatic N) is 2. The van der Waals surface area contributed by atoms with E-state index >= 15 is 0 Å². The summed E-state index contributed by atoms with van der Waals surface area (Å²) in [6, 6.07) is 11.9. The lowest BCUT2D eigenvalue weighted by atomic mass is 9.97. The van der Waals surface area contributed by atoms with Crippen molar-refractivity contribution >= 4 is 20.7 Å². The highest BCUT2D eigenvalue weighted by Crippen LogP contribution is 2.47. The number of sulfone groups is 1. The van der Waals surface area contributed by atoms with E-state index in [0.717, 1.165) is 29.4 Å². The maximum absolute atomic E-state index is 13.4. The summed E-state index contributed by atoms with van der Waals surface area (Å²) in [4.78, 5) is 3.26. The summed E-state index contributed by atoms with van der Waals surface area (Å²) in [5.41, 5.74) is 5.88. The summed E-state index contributed by atoms with van der Waals surface area (Å²) in [7, 11) is 0.802. The molecule has 4 nitrogen and oxygen atoms in total. The van der Waals surface area contributed by atoms with E-state index < -0.39 is 9.84 Å². The molecule has 0 N–H and O–H groups in total. The number of hydrogen-bond donors (Lipinski definition) is 0. The monoisotopic (exact) mass is 394 g/mol. The van der Waals surface area contributed by atoms with Gasteiger partial charge in [-0.1, -0.05) is 12.1 Å². The third-order valence-electron chi connectivity index (χ3n) is 6.83. The number of likely N-dealkylation sites (N-methyl/N-ethyl adjacent to an activating group) is 1. The first-order valence-electron chi connectivity index (χ1n) is 9.94. The molecule has 0 aliphatic carbocycles. The van der Waals surface area contributed by atoms with Crippen LogP contribution >= 0.6 is 0 Å². The molecule has 2 aliphatic heterocycles. The minimum Gasteiger partial charge on any atom is -0.347 e. The Labute approximate surface area is 166 Å². The van der Waals surface area contributed by atoms with Crippen molar-refractivity contribution in [2.45, 2.75) is 55.0 Å². The van der Waals surface area contributed by atoms with Crippen molar-refractivity contribution in [2.24, 2.45) is 7.05 Å². The molecular weight excluding hydrogens is 368 g/mol. The van der Waals surface area contributed by atoms with E-state index in [4.69, 9.17) is 0 Å². The molecule has 5 heteroatoms. The zero-order chi connectivity index (χ0) is 19.8. The normalized spacial score (nSPS) is 22.0. The Bertz CT molecular complexity index is 1220. The maximum Gasteiger partial charge on any atom is 0.206 e. The Hall–Kier alpha value is -2.11. The Morgan fingerprint density at radius 3 is 2.54 bits per heavy atom. The lowest BCUT2D eigenvalue weighted by Gasteiger charge is -2.32. The molecule has 3 aromatic rings. The molecule has 5 rings (SSSR count). The van der Waals surface area contributed by atoms with Crippen LogP contribution in [0.1, 0.15) is 41.3 Å². The van der Waals surface area contributed by atoms with Gasteiger partial charge in [-0.2, -0.15) is 0 Å². The molecule has 2 aliphatic rings. The van der Waals surface area contributed by atoms with Gasteiger partial charge >= 0.3 is 0 Å². The van der Waals surface area contributed by atoms with E-state index in [1.54, 1.807) is 12.1 Å². The van der Waals surface area contributed by atoms with E-state index in [0.29, 0.717) is 21.9 Å². The van der Waals surface area contributed by atoms with Crippen LogP contribution in [0, 0.1) is 13.8 Å². The van der Waals surface area contributed by atoms with Gasteiger partial charge in [0.1, 0.15) is 0 Å². The zero-order valence-corrected chi connectivity index (χ0v) is 17.7. The summed E-state index contributed by atoms with van der Waals surface area (Å²) in [6.45, 7) is 3.96.